The minimum Gasteiger partial charge on any atom is -0.467 e. The quantitative estimate of drug-likeness (QED) is 0.258. The summed E-state index contributed by atoms with van der Waals surface area (Å²) in [5, 5.41) is 2.65. The maximum atomic E-state index is 12.8. The molecule has 1 N–H and O–H groups in total. The van der Waals surface area contributed by atoms with Crippen LogP contribution < -0.4 is 5.32 Å². The van der Waals surface area contributed by atoms with Crippen molar-refractivity contribution in [3.8, 4) is 0 Å². The molecule has 0 bridgehead atoms. The third-order valence-corrected chi connectivity index (χ3v) is 5.04. The molecule has 0 saturated carbocycles. The Hall–Kier alpha value is -3.15. The number of rotatable bonds is 10. The van der Waals surface area contributed by atoms with Crippen LogP contribution in [0.3, 0.4) is 0 Å². The third kappa shape index (κ3) is 9.84. The smallest absolute Gasteiger partial charge is 0.408 e. The van der Waals surface area contributed by atoms with E-state index >= 15 is 0 Å². The van der Waals surface area contributed by atoms with Gasteiger partial charge in [-0.2, -0.15) is 0 Å². The molecule has 0 aliphatic carbocycles. The summed E-state index contributed by atoms with van der Waals surface area (Å²) in [6.07, 6.45) is -2.82. The first-order valence-corrected chi connectivity index (χ1v) is 11.5. The molecular weight excluding hydrogens is 478 g/mol. The van der Waals surface area contributed by atoms with Gasteiger partial charge in [-0.15, -0.1) is 6.58 Å². The predicted octanol–water partition coefficient (Wildman–Crippen LogP) is 1.97. The SMILES string of the molecule is C=CC[C@]1(C(=O)OC)C[C@H](OC(C)=O)[C@H](NC(=O)OC(C)(C)C)[C@@H](CC(COC(C)=O)OC(C)=O)O1. The zero-order valence-corrected chi connectivity index (χ0v) is 21.9. The molecule has 1 heterocycles. The Morgan fingerprint density at radius 2 is 1.75 bits per heavy atom. The number of methoxy groups -OCH3 is 1. The first-order chi connectivity index (χ1) is 16.6. The molecule has 0 aromatic carbocycles. The minimum absolute atomic E-state index is 0.00469. The third-order valence-electron chi connectivity index (χ3n) is 5.04. The van der Waals surface area contributed by atoms with E-state index < -0.39 is 65.5 Å². The summed E-state index contributed by atoms with van der Waals surface area (Å²) in [4.78, 5) is 60.5. The van der Waals surface area contributed by atoms with Gasteiger partial charge < -0.3 is 33.7 Å². The molecule has 1 fully saturated rings. The Kier molecular flexibility index (Phi) is 11.4. The summed E-state index contributed by atoms with van der Waals surface area (Å²) < 4.78 is 32.3. The summed E-state index contributed by atoms with van der Waals surface area (Å²) >= 11 is 0. The zero-order valence-electron chi connectivity index (χ0n) is 21.9. The number of esters is 4. The average molecular weight is 516 g/mol. The standard InChI is InChI=1S/C24H37NO11/c1-9-10-24(21(29)31-8)12-19(34-16(4)28)20(25-22(30)36-23(5,6)7)18(35-24)11-17(33-15(3)27)13-32-14(2)26/h9,17-20H,1,10-13H2,2-8H3,(H,25,30)/t17?,18-,19+,20-,24-/m1/s1. The van der Waals surface area contributed by atoms with E-state index in [4.69, 9.17) is 28.4 Å². The van der Waals surface area contributed by atoms with Gasteiger partial charge in [0.15, 0.2) is 5.60 Å². The highest BCUT2D eigenvalue weighted by Crippen LogP contribution is 2.37. The van der Waals surface area contributed by atoms with Crippen LogP contribution in [-0.2, 0) is 47.6 Å². The summed E-state index contributed by atoms with van der Waals surface area (Å²) in [6.45, 7) is 11.9. The van der Waals surface area contributed by atoms with Crippen molar-refractivity contribution in [1.82, 2.24) is 5.32 Å². The molecule has 204 valence electrons. The molecule has 1 amide bonds. The molecule has 1 rings (SSSR count). The average Bonchev–Trinajstić information content (AvgIpc) is 2.71. The molecule has 1 saturated heterocycles. The largest absolute Gasteiger partial charge is 0.467 e. The first-order valence-electron chi connectivity index (χ1n) is 11.5. The normalized spacial score (nSPS) is 24.5. The maximum Gasteiger partial charge on any atom is 0.408 e. The van der Waals surface area contributed by atoms with Crippen LogP contribution in [0, 0.1) is 0 Å². The molecule has 12 heteroatoms. The van der Waals surface area contributed by atoms with Gasteiger partial charge in [-0.05, 0) is 20.8 Å². The number of ether oxygens (including phenoxy) is 6. The fourth-order valence-electron chi connectivity index (χ4n) is 3.87. The molecular formula is C24H37NO11. The number of carbonyl (C=O) groups is 5. The summed E-state index contributed by atoms with van der Waals surface area (Å²) in [5.74, 6) is -2.66. The predicted molar refractivity (Wildman–Crippen MR) is 125 cm³/mol. The summed E-state index contributed by atoms with van der Waals surface area (Å²) in [7, 11) is 1.18. The fourth-order valence-corrected chi connectivity index (χ4v) is 3.87. The van der Waals surface area contributed by atoms with Gasteiger partial charge in [0, 0.05) is 40.0 Å². The van der Waals surface area contributed by atoms with E-state index in [-0.39, 0.29) is 25.9 Å². The number of amides is 1. The van der Waals surface area contributed by atoms with Crippen molar-refractivity contribution < 1.29 is 52.4 Å². The van der Waals surface area contributed by atoms with Gasteiger partial charge in [0.1, 0.15) is 24.4 Å². The Balaban J connectivity index is 3.49. The van der Waals surface area contributed by atoms with Crippen molar-refractivity contribution in [2.24, 2.45) is 0 Å². The van der Waals surface area contributed by atoms with Crippen LogP contribution in [0.15, 0.2) is 12.7 Å². The Morgan fingerprint density at radius 1 is 1.11 bits per heavy atom. The van der Waals surface area contributed by atoms with Crippen molar-refractivity contribution in [3.63, 3.8) is 0 Å². The van der Waals surface area contributed by atoms with E-state index in [1.807, 2.05) is 0 Å². The van der Waals surface area contributed by atoms with Crippen LogP contribution in [0.2, 0.25) is 0 Å². The van der Waals surface area contributed by atoms with E-state index in [1.165, 1.54) is 34.0 Å². The van der Waals surface area contributed by atoms with Crippen LogP contribution in [0.1, 0.15) is 60.8 Å². The summed E-state index contributed by atoms with van der Waals surface area (Å²) in [6, 6.07) is -1.03. The lowest BCUT2D eigenvalue weighted by atomic mass is 9.82. The van der Waals surface area contributed by atoms with Gasteiger partial charge in [-0.1, -0.05) is 6.08 Å². The molecule has 0 radical (unpaired) electrons. The monoisotopic (exact) mass is 515 g/mol. The Labute approximate surface area is 210 Å². The molecule has 0 aromatic heterocycles. The highest BCUT2D eigenvalue weighted by atomic mass is 16.6. The lowest BCUT2D eigenvalue weighted by molar-refractivity contribution is -0.216. The summed E-state index contributed by atoms with van der Waals surface area (Å²) in [5.41, 5.74) is -2.45. The number of nitrogens with one attached hydrogen (secondary N) is 1. The van der Waals surface area contributed by atoms with Crippen molar-refractivity contribution in [1.29, 1.82) is 0 Å². The van der Waals surface area contributed by atoms with Gasteiger partial charge in [0.25, 0.3) is 0 Å². The Bertz CT molecular complexity index is 834. The number of hydrogen-bond donors (Lipinski definition) is 1. The van der Waals surface area contributed by atoms with Gasteiger partial charge in [0.05, 0.1) is 19.3 Å². The number of alkyl carbamates (subject to hydrolysis) is 1. The minimum atomic E-state index is -1.62. The molecule has 1 aliphatic rings. The van der Waals surface area contributed by atoms with Crippen molar-refractivity contribution in [2.75, 3.05) is 13.7 Å². The van der Waals surface area contributed by atoms with Crippen LogP contribution in [0.25, 0.3) is 0 Å². The second kappa shape index (κ2) is 13.2. The molecule has 1 aliphatic heterocycles. The van der Waals surface area contributed by atoms with E-state index in [1.54, 1.807) is 20.8 Å². The maximum absolute atomic E-state index is 12.8. The molecule has 12 nitrogen and oxygen atoms in total. The zero-order chi connectivity index (χ0) is 27.7. The van der Waals surface area contributed by atoms with Gasteiger partial charge >= 0.3 is 30.0 Å². The van der Waals surface area contributed by atoms with Crippen LogP contribution in [-0.4, -0.2) is 79.2 Å². The van der Waals surface area contributed by atoms with Gasteiger partial charge in [-0.25, -0.2) is 9.59 Å². The second-order valence-electron chi connectivity index (χ2n) is 9.43. The Morgan fingerprint density at radius 3 is 2.22 bits per heavy atom. The second-order valence-corrected chi connectivity index (χ2v) is 9.43. The van der Waals surface area contributed by atoms with Crippen LogP contribution in [0.4, 0.5) is 4.79 Å². The molecule has 36 heavy (non-hydrogen) atoms. The van der Waals surface area contributed by atoms with Gasteiger partial charge in [0.2, 0.25) is 0 Å². The first kappa shape index (κ1) is 30.9. The van der Waals surface area contributed by atoms with Crippen molar-refractivity contribution in [3.05, 3.63) is 12.7 Å². The van der Waals surface area contributed by atoms with E-state index in [9.17, 15) is 24.0 Å². The molecule has 1 unspecified atom stereocenters. The molecule has 0 aromatic rings. The van der Waals surface area contributed by atoms with Crippen molar-refractivity contribution >= 4 is 30.0 Å². The van der Waals surface area contributed by atoms with Crippen LogP contribution >= 0.6 is 0 Å². The fraction of sp³-hybridized carbons (Fsp3) is 0.708. The topological polar surface area (TPSA) is 153 Å². The highest BCUT2D eigenvalue weighted by molar-refractivity contribution is 5.80. The molecule has 0 spiro atoms. The number of carbonyl (C=O) groups excluding carboxylic acids is 5. The van der Waals surface area contributed by atoms with Crippen molar-refractivity contribution in [2.45, 2.75) is 96.4 Å². The molecule has 5 atom stereocenters. The lowest BCUT2D eigenvalue weighted by Gasteiger charge is -2.47. The number of hydrogen-bond acceptors (Lipinski definition) is 11. The van der Waals surface area contributed by atoms with Gasteiger partial charge in [-0.3, -0.25) is 14.4 Å². The van der Waals surface area contributed by atoms with E-state index in [2.05, 4.69) is 11.9 Å². The van der Waals surface area contributed by atoms with E-state index in [0.29, 0.717) is 0 Å². The van der Waals surface area contributed by atoms with Crippen LogP contribution in [0.5, 0.6) is 0 Å². The van der Waals surface area contributed by atoms with E-state index in [0.717, 1.165) is 0 Å². The lowest BCUT2D eigenvalue weighted by Crippen LogP contribution is -2.64. The highest BCUT2D eigenvalue weighted by Gasteiger charge is 2.54.